The molecule has 3 rings (SSSR count). The van der Waals surface area contributed by atoms with Crippen molar-refractivity contribution in [1.29, 1.82) is 0 Å². The molecule has 1 aliphatic heterocycles. The van der Waals surface area contributed by atoms with Crippen LogP contribution in [-0.4, -0.2) is 61.9 Å². The smallest absolute Gasteiger partial charge is 0.191 e. The summed E-state index contributed by atoms with van der Waals surface area (Å²) in [6.07, 6.45) is 4.09. The molecule has 2 aromatic rings. The lowest BCUT2D eigenvalue weighted by Gasteiger charge is -2.35. The molecular formula is C20H29FIN5O. The van der Waals surface area contributed by atoms with E-state index in [2.05, 4.69) is 25.1 Å². The molecule has 1 atom stereocenters. The van der Waals surface area contributed by atoms with Crippen LogP contribution in [0, 0.1) is 5.82 Å². The van der Waals surface area contributed by atoms with Gasteiger partial charge in [-0.2, -0.15) is 0 Å². The first-order chi connectivity index (χ1) is 13.3. The molecular weight excluding hydrogens is 472 g/mol. The maximum absolute atomic E-state index is 13.3. The topological polar surface area (TPSA) is 53.8 Å². The predicted molar refractivity (Wildman–Crippen MR) is 121 cm³/mol. The monoisotopic (exact) mass is 501 g/mol. The molecule has 8 heteroatoms. The summed E-state index contributed by atoms with van der Waals surface area (Å²) < 4.78 is 20.9. The second-order valence-corrected chi connectivity index (χ2v) is 6.52. The summed E-state index contributed by atoms with van der Waals surface area (Å²) >= 11 is 0. The molecule has 1 fully saturated rings. The van der Waals surface area contributed by atoms with Gasteiger partial charge in [0.05, 0.1) is 19.3 Å². The third-order valence-electron chi connectivity index (χ3n) is 4.76. The van der Waals surface area contributed by atoms with Crippen molar-refractivity contribution in [3.05, 3.63) is 60.2 Å². The number of aliphatic imine (C=N–C) groups is 1. The Bertz CT molecular complexity index is 702. The number of benzene rings is 1. The third kappa shape index (κ3) is 6.75. The molecule has 1 aromatic carbocycles. The minimum atomic E-state index is -0.213. The number of morpholine rings is 1. The molecule has 1 saturated heterocycles. The van der Waals surface area contributed by atoms with Gasteiger partial charge in [-0.1, -0.05) is 12.1 Å². The van der Waals surface area contributed by atoms with Crippen molar-refractivity contribution in [2.75, 3.05) is 46.4 Å². The van der Waals surface area contributed by atoms with Crippen LogP contribution in [0.1, 0.15) is 11.6 Å². The first-order valence-corrected chi connectivity index (χ1v) is 9.39. The first kappa shape index (κ1) is 22.6. The van der Waals surface area contributed by atoms with Crippen LogP contribution in [0.5, 0.6) is 0 Å². The van der Waals surface area contributed by atoms with Crippen LogP contribution in [0.4, 0.5) is 4.39 Å². The van der Waals surface area contributed by atoms with Crippen molar-refractivity contribution >= 4 is 29.9 Å². The fourth-order valence-electron chi connectivity index (χ4n) is 3.27. The molecule has 1 unspecified atom stereocenters. The molecule has 0 radical (unpaired) electrons. The van der Waals surface area contributed by atoms with Gasteiger partial charge in [0.2, 0.25) is 0 Å². The van der Waals surface area contributed by atoms with Gasteiger partial charge in [0, 0.05) is 52.2 Å². The summed E-state index contributed by atoms with van der Waals surface area (Å²) in [5, 5.41) is 6.75. The quantitative estimate of drug-likeness (QED) is 0.348. The van der Waals surface area contributed by atoms with Gasteiger partial charge < -0.3 is 19.9 Å². The Morgan fingerprint density at radius 3 is 2.46 bits per heavy atom. The van der Waals surface area contributed by atoms with Gasteiger partial charge in [0.15, 0.2) is 5.96 Å². The number of hydrogen-bond acceptors (Lipinski definition) is 3. The normalized spacial score (nSPS) is 16.3. The van der Waals surface area contributed by atoms with Gasteiger partial charge >= 0.3 is 0 Å². The van der Waals surface area contributed by atoms with E-state index in [1.807, 2.05) is 36.7 Å². The zero-order valence-corrected chi connectivity index (χ0v) is 18.5. The van der Waals surface area contributed by atoms with Crippen LogP contribution < -0.4 is 10.6 Å². The highest BCUT2D eigenvalue weighted by atomic mass is 127. The summed E-state index contributed by atoms with van der Waals surface area (Å²) in [5.74, 6) is 0.553. The number of halogens is 2. The number of nitrogens with zero attached hydrogens (tertiary/aromatic N) is 3. The van der Waals surface area contributed by atoms with Gasteiger partial charge in [0.1, 0.15) is 5.82 Å². The zero-order valence-electron chi connectivity index (χ0n) is 16.2. The van der Waals surface area contributed by atoms with E-state index in [1.54, 1.807) is 7.05 Å². The van der Waals surface area contributed by atoms with Gasteiger partial charge in [-0.15, -0.1) is 24.0 Å². The minimum Gasteiger partial charge on any atom is -0.379 e. The molecule has 6 nitrogen and oxygen atoms in total. The lowest BCUT2D eigenvalue weighted by Crippen LogP contribution is -2.46. The van der Waals surface area contributed by atoms with E-state index >= 15 is 0 Å². The summed E-state index contributed by atoms with van der Waals surface area (Å²) in [6.45, 7) is 5.52. The maximum atomic E-state index is 13.3. The molecule has 2 N–H and O–H groups in total. The molecule has 2 heterocycles. The highest BCUT2D eigenvalue weighted by molar-refractivity contribution is 14.0. The van der Waals surface area contributed by atoms with Crippen molar-refractivity contribution in [2.24, 2.45) is 4.99 Å². The van der Waals surface area contributed by atoms with E-state index in [4.69, 9.17) is 4.74 Å². The molecule has 1 aromatic heterocycles. The number of guanidine groups is 1. The molecule has 0 bridgehead atoms. The lowest BCUT2D eigenvalue weighted by atomic mass is 10.0. The SMILES string of the molecule is CN=C(NCCn1cccc1)NCC(c1ccc(F)cc1)N1CCOCC1.I. The van der Waals surface area contributed by atoms with Crippen molar-refractivity contribution in [3.63, 3.8) is 0 Å². The van der Waals surface area contributed by atoms with E-state index in [9.17, 15) is 4.39 Å². The van der Waals surface area contributed by atoms with Crippen LogP contribution in [0.25, 0.3) is 0 Å². The molecule has 0 spiro atoms. The van der Waals surface area contributed by atoms with Gasteiger partial charge in [-0.05, 0) is 29.8 Å². The Hall–Kier alpha value is -1.65. The fraction of sp³-hybridized carbons (Fsp3) is 0.450. The highest BCUT2D eigenvalue weighted by Crippen LogP contribution is 2.21. The number of ether oxygens (including phenoxy) is 1. The third-order valence-corrected chi connectivity index (χ3v) is 4.76. The number of nitrogens with one attached hydrogen (secondary N) is 2. The van der Waals surface area contributed by atoms with Crippen LogP contribution in [-0.2, 0) is 11.3 Å². The van der Waals surface area contributed by atoms with Crippen molar-refractivity contribution in [3.8, 4) is 0 Å². The van der Waals surface area contributed by atoms with Crippen molar-refractivity contribution in [2.45, 2.75) is 12.6 Å². The van der Waals surface area contributed by atoms with Crippen LogP contribution in [0.2, 0.25) is 0 Å². The molecule has 0 amide bonds. The zero-order chi connectivity index (χ0) is 18.9. The summed E-state index contributed by atoms with van der Waals surface area (Å²) in [4.78, 5) is 6.69. The van der Waals surface area contributed by atoms with E-state index in [0.717, 1.165) is 50.9 Å². The Morgan fingerprint density at radius 1 is 1.14 bits per heavy atom. The van der Waals surface area contributed by atoms with E-state index < -0.39 is 0 Å². The van der Waals surface area contributed by atoms with Crippen LogP contribution in [0.3, 0.4) is 0 Å². The van der Waals surface area contributed by atoms with Gasteiger partial charge in [0.25, 0.3) is 0 Å². The van der Waals surface area contributed by atoms with Crippen LogP contribution >= 0.6 is 24.0 Å². The Kier molecular flexibility index (Phi) is 9.72. The highest BCUT2D eigenvalue weighted by Gasteiger charge is 2.23. The number of rotatable bonds is 7. The minimum absolute atomic E-state index is 0. The van der Waals surface area contributed by atoms with Gasteiger partial charge in [-0.3, -0.25) is 9.89 Å². The summed E-state index contributed by atoms with van der Waals surface area (Å²) in [6, 6.07) is 10.9. The van der Waals surface area contributed by atoms with E-state index in [1.165, 1.54) is 12.1 Å². The van der Waals surface area contributed by atoms with Crippen molar-refractivity contribution in [1.82, 2.24) is 20.1 Å². The average molecular weight is 501 g/mol. The second kappa shape index (κ2) is 12.0. The van der Waals surface area contributed by atoms with Crippen molar-refractivity contribution < 1.29 is 9.13 Å². The van der Waals surface area contributed by atoms with Crippen LogP contribution in [0.15, 0.2) is 53.8 Å². The molecule has 154 valence electrons. The second-order valence-electron chi connectivity index (χ2n) is 6.52. The summed E-state index contributed by atoms with van der Waals surface area (Å²) in [7, 11) is 1.77. The largest absolute Gasteiger partial charge is 0.379 e. The molecule has 0 saturated carbocycles. The Labute approximate surface area is 183 Å². The Balaban J connectivity index is 0.00000280. The summed E-state index contributed by atoms with van der Waals surface area (Å²) in [5.41, 5.74) is 1.09. The fourth-order valence-corrected chi connectivity index (χ4v) is 3.27. The average Bonchev–Trinajstić information content (AvgIpc) is 3.22. The van der Waals surface area contributed by atoms with E-state index in [-0.39, 0.29) is 35.8 Å². The predicted octanol–water partition coefficient (Wildman–Crippen LogP) is 2.48. The standard InChI is InChI=1S/C20H28FN5O.HI/c1-22-20(23-8-11-25-9-2-3-10-25)24-16-19(26-12-14-27-15-13-26)17-4-6-18(21)7-5-17;/h2-7,9-10,19H,8,11-16H2,1H3,(H2,22,23,24);1H. The lowest BCUT2D eigenvalue weighted by molar-refractivity contribution is 0.0170. The first-order valence-electron chi connectivity index (χ1n) is 9.39. The molecule has 28 heavy (non-hydrogen) atoms. The maximum Gasteiger partial charge on any atom is 0.191 e. The Morgan fingerprint density at radius 2 is 1.82 bits per heavy atom. The molecule has 1 aliphatic rings. The number of aromatic nitrogens is 1. The molecule has 0 aliphatic carbocycles. The van der Waals surface area contributed by atoms with Gasteiger partial charge in [-0.25, -0.2) is 4.39 Å². The van der Waals surface area contributed by atoms with E-state index in [0.29, 0.717) is 6.54 Å². The number of hydrogen-bond donors (Lipinski definition) is 2.